The average molecular weight is 266 g/mol. The Morgan fingerprint density at radius 1 is 1.53 bits per heavy atom. The van der Waals surface area contributed by atoms with Crippen molar-refractivity contribution in [3.63, 3.8) is 0 Å². The Morgan fingerprint density at radius 3 is 3.20 bits per heavy atom. The van der Waals surface area contributed by atoms with Crippen molar-refractivity contribution in [1.29, 1.82) is 0 Å². The molecule has 1 aliphatic rings. The highest BCUT2D eigenvalue weighted by molar-refractivity contribution is 9.10. The fraction of sp³-hybridized carbons (Fsp3) is 0.417. The Hall–Kier alpha value is -0.920. The van der Waals surface area contributed by atoms with Crippen LogP contribution in [-0.4, -0.2) is 12.6 Å². The second-order valence-corrected chi connectivity index (χ2v) is 4.78. The van der Waals surface area contributed by atoms with Crippen LogP contribution in [0.25, 0.3) is 0 Å². The minimum absolute atomic E-state index is 0.406. The van der Waals surface area contributed by atoms with Gasteiger partial charge in [-0.3, -0.25) is 0 Å². The Balaban J connectivity index is 2.29. The van der Waals surface area contributed by atoms with Gasteiger partial charge < -0.3 is 0 Å². The molecular weight excluding hydrogens is 254 g/mol. The molecule has 2 nitrogen and oxygen atoms in total. The molecule has 0 aromatic heterocycles. The number of isocyanates is 1. The third-order valence-corrected chi connectivity index (χ3v) is 3.41. The summed E-state index contributed by atoms with van der Waals surface area (Å²) in [6, 6.07) is 6.37. The van der Waals surface area contributed by atoms with E-state index in [1.165, 1.54) is 17.5 Å². The quantitative estimate of drug-likeness (QED) is 0.597. The molecule has 1 aromatic carbocycles. The third kappa shape index (κ3) is 2.36. The van der Waals surface area contributed by atoms with Gasteiger partial charge in [0.2, 0.25) is 6.08 Å². The molecule has 0 spiro atoms. The number of fused-ring (bicyclic) bond motifs is 1. The van der Waals surface area contributed by atoms with E-state index in [1.54, 1.807) is 6.08 Å². The van der Waals surface area contributed by atoms with Gasteiger partial charge in [0, 0.05) is 10.4 Å². The Kier molecular flexibility index (Phi) is 3.34. The Labute approximate surface area is 97.5 Å². The number of rotatable bonds is 2. The van der Waals surface area contributed by atoms with E-state index < -0.39 is 0 Å². The summed E-state index contributed by atoms with van der Waals surface area (Å²) in [5.41, 5.74) is 2.74. The van der Waals surface area contributed by atoms with Crippen LogP contribution in [0.15, 0.2) is 27.7 Å². The van der Waals surface area contributed by atoms with Crippen molar-refractivity contribution in [1.82, 2.24) is 0 Å². The summed E-state index contributed by atoms with van der Waals surface area (Å²) in [5, 5.41) is 0. The first-order chi connectivity index (χ1) is 7.31. The molecule has 15 heavy (non-hydrogen) atoms. The average Bonchev–Trinajstić information content (AvgIpc) is 2.25. The molecule has 1 aromatic rings. The molecule has 0 saturated heterocycles. The topological polar surface area (TPSA) is 29.4 Å². The monoisotopic (exact) mass is 265 g/mol. The highest BCUT2D eigenvalue weighted by atomic mass is 79.9. The number of nitrogens with zero attached hydrogens (tertiary/aromatic N) is 1. The fourth-order valence-electron chi connectivity index (χ4n) is 2.22. The molecule has 0 amide bonds. The van der Waals surface area contributed by atoms with Gasteiger partial charge in [0.15, 0.2) is 0 Å². The van der Waals surface area contributed by atoms with Crippen molar-refractivity contribution in [2.45, 2.75) is 25.2 Å². The van der Waals surface area contributed by atoms with Crippen molar-refractivity contribution in [3.05, 3.63) is 33.8 Å². The van der Waals surface area contributed by atoms with Crippen molar-refractivity contribution in [3.8, 4) is 0 Å². The van der Waals surface area contributed by atoms with E-state index in [-0.39, 0.29) is 0 Å². The first kappa shape index (κ1) is 10.6. The van der Waals surface area contributed by atoms with Gasteiger partial charge in [-0.1, -0.05) is 22.0 Å². The SMILES string of the molecule is O=C=NCC1CCCc2cc(Br)ccc21. The smallest absolute Gasteiger partial charge is 0.211 e. The zero-order chi connectivity index (χ0) is 10.7. The van der Waals surface area contributed by atoms with E-state index in [9.17, 15) is 4.79 Å². The lowest BCUT2D eigenvalue weighted by Gasteiger charge is -2.23. The van der Waals surface area contributed by atoms with E-state index in [0.717, 1.165) is 17.3 Å². The number of hydrogen-bond donors (Lipinski definition) is 0. The number of aryl methyl sites for hydroxylation is 1. The van der Waals surface area contributed by atoms with Crippen molar-refractivity contribution < 1.29 is 4.79 Å². The fourth-order valence-corrected chi connectivity index (χ4v) is 2.63. The summed E-state index contributed by atoms with van der Waals surface area (Å²) in [6.45, 7) is 0.581. The van der Waals surface area contributed by atoms with Gasteiger partial charge in [0.05, 0.1) is 6.54 Å². The first-order valence-corrected chi connectivity index (χ1v) is 5.92. The van der Waals surface area contributed by atoms with Crippen molar-refractivity contribution in [2.24, 2.45) is 4.99 Å². The summed E-state index contributed by atoms with van der Waals surface area (Å²) in [7, 11) is 0. The summed E-state index contributed by atoms with van der Waals surface area (Å²) in [6.07, 6.45) is 5.07. The van der Waals surface area contributed by atoms with Gasteiger partial charge in [-0.2, -0.15) is 0 Å². The standard InChI is InChI=1S/C12H12BrNO/c13-11-4-5-12-9(6-11)2-1-3-10(12)7-14-8-15/h4-6,10H,1-3,7H2. The molecule has 0 aliphatic heterocycles. The maximum Gasteiger partial charge on any atom is 0.234 e. The molecule has 1 unspecified atom stereocenters. The zero-order valence-electron chi connectivity index (χ0n) is 8.37. The van der Waals surface area contributed by atoms with Crippen LogP contribution in [0.5, 0.6) is 0 Å². The molecule has 0 bridgehead atoms. The Morgan fingerprint density at radius 2 is 2.40 bits per heavy atom. The van der Waals surface area contributed by atoms with Gasteiger partial charge in [0.25, 0.3) is 0 Å². The minimum atomic E-state index is 0.406. The molecular formula is C12H12BrNO. The van der Waals surface area contributed by atoms with Gasteiger partial charge in [-0.25, -0.2) is 9.79 Å². The Bertz CT molecular complexity index is 410. The summed E-state index contributed by atoms with van der Waals surface area (Å²) >= 11 is 3.48. The van der Waals surface area contributed by atoms with Gasteiger partial charge in [-0.15, -0.1) is 0 Å². The molecule has 2 rings (SSSR count). The number of hydrogen-bond acceptors (Lipinski definition) is 2. The van der Waals surface area contributed by atoms with Crippen LogP contribution in [0.2, 0.25) is 0 Å². The van der Waals surface area contributed by atoms with Crippen molar-refractivity contribution >= 4 is 22.0 Å². The van der Waals surface area contributed by atoms with Crippen LogP contribution in [-0.2, 0) is 11.2 Å². The predicted octanol–water partition coefficient (Wildman–Crippen LogP) is 3.20. The van der Waals surface area contributed by atoms with Gasteiger partial charge in [0.1, 0.15) is 0 Å². The molecule has 0 radical (unpaired) electrons. The molecule has 1 atom stereocenters. The maximum absolute atomic E-state index is 10.1. The summed E-state index contributed by atoms with van der Waals surface area (Å²) < 4.78 is 1.13. The largest absolute Gasteiger partial charge is 0.234 e. The molecule has 0 N–H and O–H groups in total. The molecule has 0 fully saturated rings. The number of aliphatic imine (C=N–C) groups is 1. The van der Waals surface area contributed by atoms with E-state index in [4.69, 9.17) is 0 Å². The van der Waals surface area contributed by atoms with Crippen LogP contribution in [0.3, 0.4) is 0 Å². The normalized spacial score (nSPS) is 19.1. The number of halogens is 1. The lowest BCUT2D eigenvalue weighted by Crippen LogP contribution is -2.12. The van der Waals surface area contributed by atoms with Crippen LogP contribution in [0.1, 0.15) is 29.9 Å². The highest BCUT2D eigenvalue weighted by Crippen LogP contribution is 2.33. The number of benzene rings is 1. The zero-order valence-corrected chi connectivity index (χ0v) is 9.96. The minimum Gasteiger partial charge on any atom is -0.211 e. The third-order valence-electron chi connectivity index (χ3n) is 2.92. The second kappa shape index (κ2) is 4.73. The molecule has 78 valence electrons. The van der Waals surface area contributed by atoms with Crippen LogP contribution in [0, 0.1) is 0 Å². The summed E-state index contributed by atoms with van der Waals surface area (Å²) in [4.78, 5) is 13.8. The lowest BCUT2D eigenvalue weighted by atomic mass is 9.83. The van der Waals surface area contributed by atoms with Crippen LogP contribution >= 0.6 is 15.9 Å². The second-order valence-electron chi connectivity index (χ2n) is 3.86. The number of carbonyl (C=O) groups excluding carboxylic acids is 1. The van der Waals surface area contributed by atoms with E-state index in [2.05, 4.69) is 39.1 Å². The molecule has 3 heteroatoms. The van der Waals surface area contributed by atoms with Crippen LogP contribution in [0.4, 0.5) is 0 Å². The van der Waals surface area contributed by atoms with E-state index in [1.807, 2.05) is 0 Å². The first-order valence-electron chi connectivity index (χ1n) is 5.13. The van der Waals surface area contributed by atoms with E-state index in [0.29, 0.717) is 12.5 Å². The molecule has 0 heterocycles. The lowest BCUT2D eigenvalue weighted by molar-refractivity contribution is 0.543. The highest BCUT2D eigenvalue weighted by Gasteiger charge is 2.19. The van der Waals surface area contributed by atoms with Crippen LogP contribution < -0.4 is 0 Å². The van der Waals surface area contributed by atoms with Crippen molar-refractivity contribution in [2.75, 3.05) is 6.54 Å². The maximum atomic E-state index is 10.1. The predicted molar refractivity (Wildman–Crippen MR) is 62.8 cm³/mol. The van der Waals surface area contributed by atoms with Gasteiger partial charge in [-0.05, 0) is 42.5 Å². The van der Waals surface area contributed by atoms with E-state index >= 15 is 0 Å². The molecule has 1 aliphatic carbocycles. The molecule has 0 saturated carbocycles. The van der Waals surface area contributed by atoms with Gasteiger partial charge >= 0.3 is 0 Å². The summed E-state index contributed by atoms with van der Waals surface area (Å²) in [5.74, 6) is 0.406.